The van der Waals surface area contributed by atoms with Crippen LogP contribution in [-0.4, -0.2) is 29.6 Å². The van der Waals surface area contributed by atoms with E-state index in [0.717, 1.165) is 5.56 Å². The maximum absolute atomic E-state index is 13.4. The van der Waals surface area contributed by atoms with Gasteiger partial charge in [0.25, 0.3) is 0 Å². The van der Waals surface area contributed by atoms with Gasteiger partial charge < -0.3 is 10.0 Å². The second kappa shape index (κ2) is 5.61. The summed E-state index contributed by atoms with van der Waals surface area (Å²) in [5, 5.41) is 8.53. The molecular weight excluding hydrogens is 209 g/mol. The van der Waals surface area contributed by atoms with Crippen molar-refractivity contribution in [3.63, 3.8) is 0 Å². The van der Waals surface area contributed by atoms with Crippen LogP contribution in [0.3, 0.4) is 0 Å². The van der Waals surface area contributed by atoms with Crippen molar-refractivity contribution >= 4 is 5.97 Å². The number of halogens is 1. The summed E-state index contributed by atoms with van der Waals surface area (Å²) in [7, 11) is 1.78. The lowest BCUT2D eigenvalue weighted by Crippen LogP contribution is -2.21. The van der Waals surface area contributed by atoms with Crippen LogP contribution in [0.5, 0.6) is 0 Å². The van der Waals surface area contributed by atoms with Gasteiger partial charge in [0.05, 0.1) is 6.42 Å². The molecule has 88 valence electrons. The molecular formula is C12H16FNO2. The zero-order valence-corrected chi connectivity index (χ0v) is 9.53. The highest BCUT2D eigenvalue weighted by atomic mass is 19.1. The van der Waals surface area contributed by atoms with E-state index in [1.807, 2.05) is 6.92 Å². The van der Waals surface area contributed by atoms with Crippen LogP contribution >= 0.6 is 0 Å². The molecule has 0 spiro atoms. The van der Waals surface area contributed by atoms with Crippen LogP contribution in [0.4, 0.5) is 4.39 Å². The minimum absolute atomic E-state index is 0.0733. The molecule has 1 N–H and O–H groups in total. The molecule has 0 radical (unpaired) electrons. The zero-order valence-electron chi connectivity index (χ0n) is 9.53. The number of hydrogen-bond donors (Lipinski definition) is 1. The number of benzene rings is 1. The van der Waals surface area contributed by atoms with Crippen LogP contribution in [0, 0.1) is 12.7 Å². The van der Waals surface area contributed by atoms with Crippen molar-refractivity contribution in [3.8, 4) is 0 Å². The van der Waals surface area contributed by atoms with Gasteiger partial charge in [-0.15, -0.1) is 0 Å². The van der Waals surface area contributed by atoms with Crippen LogP contribution in [0.2, 0.25) is 0 Å². The third-order valence-electron chi connectivity index (χ3n) is 2.35. The maximum Gasteiger partial charge on any atom is 0.304 e. The first-order valence-electron chi connectivity index (χ1n) is 5.14. The summed E-state index contributed by atoms with van der Waals surface area (Å²) in [6, 6.07) is 4.94. The van der Waals surface area contributed by atoms with Gasteiger partial charge in [-0.05, 0) is 20.0 Å². The minimum atomic E-state index is -0.837. The van der Waals surface area contributed by atoms with E-state index < -0.39 is 5.97 Å². The van der Waals surface area contributed by atoms with Gasteiger partial charge in [-0.3, -0.25) is 4.79 Å². The molecule has 1 aromatic rings. The Bertz CT molecular complexity index is 379. The first-order chi connectivity index (χ1) is 7.49. The Balaban J connectivity index is 2.58. The van der Waals surface area contributed by atoms with E-state index in [1.54, 1.807) is 24.1 Å². The number of aryl methyl sites for hydroxylation is 1. The van der Waals surface area contributed by atoms with E-state index >= 15 is 0 Å². The lowest BCUT2D eigenvalue weighted by molar-refractivity contribution is -0.137. The van der Waals surface area contributed by atoms with Crippen LogP contribution in [0.25, 0.3) is 0 Å². The second-order valence-electron chi connectivity index (χ2n) is 3.98. The average molecular weight is 225 g/mol. The van der Waals surface area contributed by atoms with Crippen molar-refractivity contribution in [2.24, 2.45) is 0 Å². The summed E-state index contributed by atoms with van der Waals surface area (Å²) in [6.07, 6.45) is 0.0733. The monoisotopic (exact) mass is 225 g/mol. The third-order valence-corrected chi connectivity index (χ3v) is 2.35. The molecule has 1 rings (SSSR count). The number of hydrogen-bond acceptors (Lipinski definition) is 2. The molecule has 0 fully saturated rings. The topological polar surface area (TPSA) is 40.5 Å². The second-order valence-corrected chi connectivity index (χ2v) is 3.98. The molecule has 4 heteroatoms. The number of nitrogens with zero attached hydrogens (tertiary/aromatic N) is 1. The summed E-state index contributed by atoms with van der Waals surface area (Å²) in [4.78, 5) is 12.2. The smallest absolute Gasteiger partial charge is 0.304 e. The standard InChI is InChI=1S/C12H16FNO2/c1-9-3-4-11(13)10(7-9)8-14(2)6-5-12(15)16/h3-4,7H,5-6,8H2,1-2H3,(H,15,16). The minimum Gasteiger partial charge on any atom is -0.481 e. The molecule has 3 nitrogen and oxygen atoms in total. The molecule has 1 aromatic carbocycles. The van der Waals surface area contributed by atoms with Crippen molar-refractivity contribution in [1.29, 1.82) is 0 Å². The predicted octanol–water partition coefficient (Wildman–Crippen LogP) is 2.04. The molecule has 16 heavy (non-hydrogen) atoms. The number of carbonyl (C=O) groups is 1. The maximum atomic E-state index is 13.4. The van der Waals surface area contributed by atoms with Crippen molar-refractivity contribution in [2.45, 2.75) is 19.9 Å². The summed E-state index contributed by atoms with van der Waals surface area (Å²) >= 11 is 0. The Morgan fingerprint density at radius 3 is 2.81 bits per heavy atom. The Morgan fingerprint density at radius 1 is 1.50 bits per heavy atom. The third kappa shape index (κ3) is 3.98. The van der Waals surface area contributed by atoms with Crippen LogP contribution in [0.15, 0.2) is 18.2 Å². The highest BCUT2D eigenvalue weighted by Crippen LogP contribution is 2.12. The van der Waals surface area contributed by atoms with Gasteiger partial charge in [-0.1, -0.05) is 17.7 Å². The molecule has 0 aliphatic carbocycles. The molecule has 0 saturated heterocycles. The molecule has 0 aliphatic heterocycles. The lowest BCUT2D eigenvalue weighted by Gasteiger charge is -2.16. The number of rotatable bonds is 5. The summed E-state index contributed by atoms with van der Waals surface area (Å²) in [6.45, 7) is 2.75. The molecule has 0 aliphatic rings. The van der Waals surface area contributed by atoms with E-state index in [4.69, 9.17) is 5.11 Å². The van der Waals surface area contributed by atoms with E-state index in [1.165, 1.54) is 6.07 Å². The van der Waals surface area contributed by atoms with Crippen molar-refractivity contribution in [2.75, 3.05) is 13.6 Å². The molecule has 0 bridgehead atoms. The Labute approximate surface area is 94.5 Å². The normalized spacial score (nSPS) is 10.8. The van der Waals surface area contributed by atoms with Gasteiger partial charge in [-0.2, -0.15) is 0 Å². The van der Waals surface area contributed by atoms with Gasteiger partial charge in [-0.25, -0.2) is 4.39 Å². The molecule has 0 saturated carbocycles. The molecule has 0 heterocycles. The lowest BCUT2D eigenvalue weighted by atomic mass is 10.1. The molecule has 0 aromatic heterocycles. The fourth-order valence-corrected chi connectivity index (χ4v) is 1.48. The first-order valence-corrected chi connectivity index (χ1v) is 5.14. The summed E-state index contributed by atoms with van der Waals surface area (Å²) < 4.78 is 13.4. The Morgan fingerprint density at radius 2 is 2.19 bits per heavy atom. The van der Waals surface area contributed by atoms with Gasteiger partial charge >= 0.3 is 5.97 Å². The van der Waals surface area contributed by atoms with Gasteiger partial charge in [0, 0.05) is 18.7 Å². The van der Waals surface area contributed by atoms with Crippen molar-refractivity contribution in [3.05, 3.63) is 35.1 Å². The van der Waals surface area contributed by atoms with Crippen LogP contribution in [0.1, 0.15) is 17.5 Å². The molecule has 0 unspecified atom stereocenters. The first kappa shape index (κ1) is 12.6. The number of carboxylic acid groups (broad SMARTS) is 1. The zero-order chi connectivity index (χ0) is 12.1. The fraction of sp³-hybridized carbons (Fsp3) is 0.417. The van der Waals surface area contributed by atoms with E-state index in [0.29, 0.717) is 18.7 Å². The SMILES string of the molecule is Cc1ccc(F)c(CN(C)CCC(=O)O)c1. The Hall–Kier alpha value is -1.42. The number of aliphatic carboxylic acids is 1. The molecule has 0 amide bonds. The van der Waals surface area contributed by atoms with E-state index in [-0.39, 0.29) is 12.2 Å². The summed E-state index contributed by atoms with van der Waals surface area (Å²) in [5.74, 6) is -1.08. The van der Waals surface area contributed by atoms with E-state index in [9.17, 15) is 9.18 Å². The van der Waals surface area contributed by atoms with Gasteiger partial charge in [0.15, 0.2) is 0 Å². The highest BCUT2D eigenvalue weighted by molar-refractivity contribution is 5.66. The van der Waals surface area contributed by atoms with Crippen LogP contribution < -0.4 is 0 Å². The van der Waals surface area contributed by atoms with Gasteiger partial charge in [0.1, 0.15) is 5.82 Å². The quantitative estimate of drug-likeness (QED) is 0.833. The average Bonchev–Trinajstić information content (AvgIpc) is 2.20. The fourth-order valence-electron chi connectivity index (χ4n) is 1.48. The van der Waals surface area contributed by atoms with Gasteiger partial charge in [0.2, 0.25) is 0 Å². The highest BCUT2D eigenvalue weighted by Gasteiger charge is 2.07. The summed E-state index contributed by atoms with van der Waals surface area (Å²) in [5.41, 5.74) is 1.61. The number of carboxylic acids is 1. The van der Waals surface area contributed by atoms with Crippen LogP contribution in [-0.2, 0) is 11.3 Å². The van der Waals surface area contributed by atoms with Crippen molar-refractivity contribution < 1.29 is 14.3 Å². The Kier molecular flexibility index (Phi) is 4.43. The van der Waals surface area contributed by atoms with Crippen molar-refractivity contribution in [1.82, 2.24) is 4.90 Å². The predicted molar refractivity (Wildman–Crippen MR) is 59.7 cm³/mol. The van der Waals surface area contributed by atoms with E-state index in [2.05, 4.69) is 0 Å². The molecule has 0 atom stereocenters. The largest absolute Gasteiger partial charge is 0.481 e.